The molecule has 27 heavy (non-hydrogen) atoms. The summed E-state index contributed by atoms with van der Waals surface area (Å²) in [6.07, 6.45) is 1.68. The van der Waals surface area contributed by atoms with Crippen molar-refractivity contribution in [3.05, 3.63) is 46.2 Å². The summed E-state index contributed by atoms with van der Waals surface area (Å²) in [5.74, 6) is 0.0401. The summed E-state index contributed by atoms with van der Waals surface area (Å²) < 4.78 is 27.5. The number of hydrogen-bond acceptors (Lipinski definition) is 5. The lowest BCUT2D eigenvalue weighted by molar-refractivity contribution is -0.116. The van der Waals surface area contributed by atoms with Gasteiger partial charge in [0, 0.05) is 30.1 Å². The number of hydrogen-bond donors (Lipinski definition) is 2. The van der Waals surface area contributed by atoms with Crippen LogP contribution in [0.1, 0.15) is 35.8 Å². The highest BCUT2D eigenvalue weighted by Gasteiger charge is 2.33. The molecule has 0 bridgehead atoms. The highest BCUT2D eigenvalue weighted by molar-refractivity contribution is 7.89. The van der Waals surface area contributed by atoms with Crippen LogP contribution in [0.3, 0.4) is 0 Å². The third kappa shape index (κ3) is 3.67. The van der Waals surface area contributed by atoms with Crippen molar-refractivity contribution in [3.8, 4) is 0 Å². The lowest BCUT2D eigenvalue weighted by Gasteiger charge is -2.33. The Morgan fingerprint density at radius 3 is 2.67 bits per heavy atom. The average Bonchev–Trinajstić information content (AvgIpc) is 3.22. The first-order valence-electron chi connectivity index (χ1n) is 9.09. The second-order valence-electron chi connectivity index (χ2n) is 7.07. The number of thiophene rings is 1. The monoisotopic (exact) mass is 406 g/mol. The molecule has 2 N–H and O–H groups in total. The first kappa shape index (κ1) is 18.6. The first-order valence-corrected chi connectivity index (χ1v) is 11.4. The molecule has 8 heteroatoms. The van der Waals surface area contributed by atoms with Crippen LogP contribution in [0.4, 0.5) is 5.69 Å². The number of nitrogens with zero attached hydrogens (tertiary/aromatic N) is 1. The van der Waals surface area contributed by atoms with Gasteiger partial charge in [0.05, 0.1) is 11.0 Å². The quantitative estimate of drug-likeness (QED) is 0.817. The van der Waals surface area contributed by atoms with E-state index in [1.807, 2.05) is 17.5 Å². The van der Waals surface area contributed by atoms with Crippen LogP contribution >= 0.6 is 11.3 Å². The number of rotatable bonds is 4. The van der Waals surface area contributed by atoms with Crippen molar-refractivity contribution in [2.24, 2.45) is 5.92 Å². The van der Waals surface area contributed by atoms with Gasteiger partial charge in [-0.15, -0.1) is 11.3 Å². The molecular formula is C19H22N2O4S2. The molecule has 1 unspecified atom stereocenters. The Morgan fingerprint density at radius 2 is 1.96 bits per heavy atom. The Balaban J connectivity index is 1.47. The van der Waals surface area contributed by atoms with Gasteiger partial charge in [0.15, 0.2) is 0 Å². The number of nitrogens with one attached hydrogen (secondary N) is 1. The van der Waals surface area contributed by atoms with Crippen LogP contribution in [-0.2, 0) is 21.2 Å². The van der Waals surface area contributed by atoms with Crippen molar-refractivity contribution < 1.29 is 18.3 Å². The number of benzene rings is 1. The SMILES string of the molecule is O=C1CCc2cc(S(=O)(=O)N3CCC(C(O)c4cccs4)CC3)ccc2N1. The number of fused-ring (bicyclic) bond motifs is 1. The molecule has 1 atom stereocenters. The zero-order valence-electron chi connectivity index (χ0n) is 14.8. The van der Waals surface area contributed by atoms with Crippen LogP contribution in [0.5, 0.6) is 0 Å². The topological polar surface area (TPSA) is 86.7 Å². The zero-order valence-corrected chi connectivity index (χ0v) is 16.4. The van der Waals surface area contributed by atoms with Crippen molar-refractivity contribution >= 4 is 33.0 Å². The summed E-state index contributed by atoms with van der Waals surface area (Å²) >= 11 is 1.53. The molecule has 0 aliphatic carbocycles. The zero-order chi connectivity index (χ0) is 19.0. The average molecular weight is 407 g/mol. The molecule has 4 rings (SSSR count). The predicted molar refractivity (Wildman–Crippen MR) is 104 cm³/mol. The van der Waals surface area contributed by atoms with Gasteiger partial charge in [-0.05, 0) is 60.4 Å². The molecule has 2 aliphatic rings. The number of amides is 1. The van der Waals surface area contributed by atoms with Gasteiger partial charge in [-0.25, -0.2) is 8.42 Å². The molecule has 2 aromatic rings. The minimum Gasteiger partial charge on any atom is -0.387 e. The molecule has 1 fully saturated rings. The van der Waals surface area contributed by atoms with Crippen molar-refractivity contribution in [3.63, 3.8) is 0 Å². The maximum absolute atomic E-state index is 13.0. The van der Waals surface area contributed by atoms with Gasteiger partial charge in [0.1, 0.15) is 0 Å². The van der Waals surface area contributed by atoms with E-state index in [9.17, 15) is 18.3 Å². The predicted octanol–water partition coefficient (Wildman–Crippen LogP) is 2.77. The summed E-state index contributed by atoms with van der Waals surface area (Å²) in [4.78, 5) is 12.7. The molecule has 2 aliphatic heterocycles. The highest BCUT2D eigenvalue weighted by atomic mass is 32.2. The number of anilines is 1. The second kappa shape index (κ2) is 7.35. The van der Waals surface area contributed by atoms with Crippen molar-refractivity contribution in [1.29, 1.82) is 0 Å². The van der Waals surface area contributed by atoms with Crippen LogP contribution in [0.15, 0.2) is 40.6 Å². The van der Waals surface area contributed by atoms with Crippen LogP contribution in [0.25, 0.3) is 0 Å². The molecule has 1 aromatic heterocycles. The summed E-state index contributed by atoms with van der Waals surface area (Å²) in [6, 6.07) is 8.75. The van der Waals surface area contributed by atoms with Gasteiger partial charge in [0.25, 0.3) is 0 Å². The van der Waals surface area contributed by atoms with E-state index in [4.69, 9.17) is 0 Å². The van der Waals surface area contributed by atoms with E-state index in [1.54, 1.807) is 18.2 Å². The van der Waals surface area contributed by atoms with Gasteiger partial charge in [0.2, 0.25) is 15.9 Å². The van der Waals surface area contributed by atoms with E-state index < -0.39 is 16.1 Å². The Hall–Kier alpha value is -1.74. The van der Waals surface area contributed by atoms with Crippen molar-refractivity contribution in [2.45, 2.75) is 36.7 Å². The van der Waals surface area contributed by atoms with Crippen LogP contribution in [0, 0.1) is 5.92 Å². The van der Waals surface area contributed by atoms with Gasteiger partial charge in [-0.1, -0.05) is 6.07 Å². The Morgan fingerprint density at radius 1 is 1.19 bits per heavy atom. The number of carbonyl (C=O) groups excluding carboxylic acids is 1. The van der Waals surface area contributed by atoms with E-state index in [0.29, 0.717) is 44.5 Å². The minimum atomic E-state index is -3.57. The second-order valence-corrected chi connectivity index (χ2v) is 9.99. The van der Waals surface area contributed by atoms with Crippen LogP contribution < -0.4 is 5.32 Å². The standard InChI is InChI=1S/C19H22N2O4S2/c22-18-6-3-14-12-15(4-5-16(14)20-18)27(24,25)21-9-7-13(8-10-21)19(23)17-2-1-11-26-17/h1-2,4-5,11-13,19,23H,3,6-10H2,(H,20,22). The maximum Gasteiger partial charge on any atom is 0.243 e. The Labute approximate surface area is 162 Å². The molecule has 0 saturated carbocycles. The minimum absolute atomic E-state index is 0.0375. The molecule has 6 nitrogen and oxygen atoms in total. The summed E-state index contributed by atoms with van der Waals surface area (Å²) in [5, 5.41) is 15.2. The van der Waals surface area contributed by atoms with Crippen molar-refractivity contribution in [2.75, 3.05) is 18.4 Å². The lowest BCUT2D eigenvalue weighted by Crippen LogP contribution is -2.39. The molecule has 0 spiro atoms. The van der Waals surface area contributed by atoms with Crippen LogP contribution in [0.2, 0.25) is 0 Å². The number of piperidine rings is 1. The van der Waals surface area contributed by atoms with Gasteiger partial charge < -0.3 is 10.4 Å². The number of aryl methyl sites for hydroxylation is 1. The van der Waals surface area contributed by atoms with E-state index >= 15 is 0 Å². The molecule has 1 amide bonds. The fourth-order valence-electron chi connectivity index (χ4n) is 3.79. The molecular weight excluding hydrogens is 384 g/mol. The van der Waals surface area contributed by atoms with Crippen LogP contribution in [-0.4, -0.2) is 36.8 Å². The number of aliphatic hydroxyl groups is 1. The third-order valence-electron chi connectivity index (χ3n) is 5.39. The summed E-state index contributed by atoms with van der Waals surface area (Å²) in [7, 11) is -3.57. The maximum atomic E-state index is 13.0. The normalized spacial score (nSPS) is 20.1. The molecule has 3 heterocycles. The largest absolute Gasteiger partial charge is 0.387 e. The Bertz CT molecular complexity index is 933. The first-order chi connectivity index (χ1) is 12.9. The number of carbonyl (C=O) groups is 1. The van der Waals surface area contributed by atoms with Gasteiger partial charge >= 0.3 is 0 Å². The lowest BCUT2D eigenvalue weighted by atomic mass is 9.91. The molecule has 1 saturated heterocycles. The van der Waals surface area contributed by atoms with Gasteiger partial charge in [-0.3, -0.25) is 4.79 Å². The molecule has 1 aromatic carbocycles. The molecule has 144 valence electrons. The highest BCUT2D eigenvalue weighted by Crippen LogP contribution is 2.35. The summed E-state index contributed by atoms with van der Waals surface area (Å²) in [5.41, 5.74) is 1.56. The van der Waals surface area contributed by atoms with E-state index in [-0.39, 0.29) is 16.7 Å². The smallest absolute Gasteiger partial charge is 0.243 e. The fourth-order valence-corrected chi connectivity index (χ4v) is 6.12. The Kier molecular flexibility index (Phi) is 5.07. The molecule has 0 radical (unpaired) electrons. The van der Waals surface area contributed by atoms with Gasteiger partial charge in [-0.2, -0.15) is 4.31 Å². The van der Waals surface area contributed by atoms with E-state index in [0.717, 1.165) is 10.4 Å². The fraction of sp³-hybridized carbons (Fsp3) is 0.421. The van der Waals surface area contributed by atoms with E-state index in [1.165, 1.54) is 15.6 Å². The number of sulfonamides is 1. The van der Waals surface area contributed by atoms with E-state index in [2.05, 4.69) is 5.32 Å². The number of aliphatic hydroxyl groups excluding tert-OH is 1. The van der Waals surface area contributed by atoms with Crippen molar-refractivity contribution in [1.82, 2.24) is 4.31 Å². The summed E-state index contributed by atoms with van der Waals surface area (Å²) in [6.45, 7) is 0.812. The third-order valence-corrected chi connectivity index (χ3v) is 8.23.